The Labute approximate surface area is 371 Å². The maximum absolute atomic E-state index is 6.65. The van der Waals surface area contributed by atoms with Crippen molar-refractivity contribution in [1.29, 1.82) is 0 Å². The molecule has 3 nitrogen and oxygen atoms in total. The number of fused-ring (bicyclic) bond motifs is 9. The third-order valence-electron chi connectivity index (χ3n) is 14.5. The molecule has 2 aliphatic rings. The van der Waals surface area contributed by atoms with Crippen LogP contribution in [0.1, 0.15) is 101 Å². The molecule has 0 amide bonds. The fraction of sp³-hybridized carbons (Fsp3) is 0.233. The Balaban J connectivity index is 0.943. The second-order valence-corrected chi connectivity index (χ2v) is 18.2. The monoisotopic (exact) mass is 818 g/mol. The molecular formula is C60H54N2O. The maximum Gasteiger partial charge on any atom is 0.180 e. The first-order chi connectivity index (χ1) is 31.0. The number of rotatable bonds is 12. The van der Waals surface area contributed by atoms with Gasteiger partial charge in [0.15, 0.2) is 5.58 Å². The Bertz CT molecular complexity index is 3190. The maximum atomic E-state index is 6.65. The van der Waals surface area contributed by atoms with Gasteiger partial charge in [-0.05, 0) is 140 Å². The van der Waals surface area contributed by atoms with E-state index in [9.17, 15) is 0 Å². The zero-order valence-electron chi connectivity index (χ0n) is 37.0. The number of benzene rings is 7. The summed E-state index contributed by atoms with van der Waals surface area (Å²) >= 11 is 0. The van der Waals surface area contributed by atoms with Gasteiger partial charge in [-0.2, -0.15) is 0 Å². The van der Waals surface area contributed by atoms with Crippen molar-refractivity contribution in [1.82, 2.24) is 9.97 Å². The van der Waals surface area contributed by atoms with Crippen LogP contribution in [0.5, 0.6) is 0 Å². The van der Waals surface area contributed by atoms with Crippen molar-refractivity contribution in [3.05, 3.63) is 180 Å². The molecule has 7 aromatic carbocycles. The quantitative estimate of drug-likeness (QED) is 0.123. The lowest BCUT2D eigenvalue weighted by Gasteiger charge is -2.32. The van der Waals surface area contributed by atoms with Crippen LogP contribution in [0.25, 0.3) is 89.0 Å². The van der Waals surface area contributed by atoms with E-state index < -0.39 is 0 Å². The van der Waals surface area contributed by atoms with Gasteiger partial charge in [0.25, 0.3) is 0 Å². The average Bonchev–Trinajstić information content (AvgIpc) is 3.93. The summed E-state index contributed by atoms with van der Waals surface area (Å²) in [5.74, 6) is 0. The summed E-state index contributed by atoms with van der Waals surface area (Å²) < 4.78 is 6.65. The summed E-state index contributed by atoms with van der Waals surface area (Å²) in [6.07, 6.45) is 10.9. The molecule has 0 radical (unpaired) electrons. The highest BCUT2D eigenvalue weighted by atomic mass is 16.3. The highest BCUT2D eigenvalue weighted by Gasteiger charge is 2.43. The first-order valence-electron chi connectivity index (χ1n) is 23.4. The second kappa shape index (κ2) is 15.6. The van der Waals surface area contributed by atoms with Crippen LogP contribution in [-0.2, 0) is 10.8 Å². The molecule has 0 fully saturated rings. The molecular weight excluding hydrogens is 765 g/mol. The fourth-order valence-corrected chi connectivity index (χ4v) is 12.0. The van der Waals surface area contributed by atoms with Crippen LogP contribution in [0, 0.1) is 0 Å². The van der Waals surface area contributed by atoms with Gasteiger partial charge in [-0.3, -0.25) is 0 Å². The Hall–Kier alpha value is -6.58. The first kappa shape index (κ1) is 39.3. The molecule has 0 saturated carbocycles. The number of furan rings is 1. The molecule has 63 heavy (non-hydrogen) atoms. The van der Waals surface area contributed by atoms with Gasteiger partial charge >= 0.3 is 0 Å². The van der Waals surface area contributed by atoms with Gasteiger partial charge in [-0.15, -0.1) is 0 Å². The van der Waals surface area contributed by atoms with E-state index in [2.05, 4.69) is 179 Å². The molecule has 9 aromatic rings. The van der Waals surface area contributed by atoms with Crippen molar-refractivity contribution in [3.63, 3.8) is 0 Å². The second-order valence-electron chi connectivity index (χ2n) is 18.2. The van der Waals surface area contributed by atoms with Gasteiger partial charge < -0.3 is 4.42 Å². The van der Waals surface area contributed by atoms with Crippen molar-refractivity contribution >= 4 is 22.1 Å². The molecule has 2 aliphatic carbocycles. The first-order valence-corrected chi connectivity index (χ1v) is 23.4. The van der Waals surface area contributed by atoms with E-state index in [1.165, 1.54) is 72.3 Å². The molecule has 0 N–H and O–H groups in total. The topological polar surface area (TPSA) is 38.9 Å². The Kier molecular flexibility index (Phi) is 9.76. The number of nitrogens with zero attached hydrogens (tertiary/aromatic N) is 2. The van der Waals surface area contributed by atoms with Gasteiger partial charge in [-0.25, -0.2) is 9.97 Å². The minimum atomic E-state index is 0.0424. The predicted molar refractivity (Wildman–Crippen MR) is 263 cm³/mol. The third-order valence-corrected chi connectivity index (χ3v) is 14.5. The summed E-state index contributed by atoms with van der Waals surface area (Å²) in [7, 11) is 0. The lowest BCUT2D eigenvalue weighted by atomic mass is 9.71. The highest BCUT2D eigenvalue weighted by molar-refractivity contribution is 6.07. The molecule has 310 valence electrons. The minimum Gasteiger partial charge on any atom is -0.452 e. The van der Waals surface area contributed by atoms with Crippen molar-refractivity contribution in [2.75, 3.05) is 0 Å². The highest BCUT2D eigenvalue weighted by Crippen LogP contribution is 2.56. The van der Waals surface area contributed by atoms with E-state index in [4.69, 9.17) is 14.4 Å². The van der Waals surface area contributed by atoms with Crippen LogP contribution in [0.3, 0.4) is 0 Å². The van der Waals surface area contributed by atoms with E-state index in [0.29, 0.717) is 5.58 Å². The lowest BCUT2D eigenvalue weighted by molar-refractivity contribution is 0.436. The van der Waals surface area contributed by atoms with Crippen LogP contribution in [0.2, 0.25) is 0 Å². The molecule has 11 rings (SSSR count). The molecule has 0 spiro atoms. The molecule has 0 bridgehead atoms. The van der Waals surface area contributed by atoms with Gasteiger partial charge in [-0.1, -0.05) is 169 Å². The molecule has 2 heterocycles. The summed E-state index contributed by atoms with van der Waals surface area (Å²) in [4.78, 5) is 9.69. The standard InChI is InChI=1S/C60H54N2O/c1-5-29-59(30-6-2)51-21-11-9-19-46(51)48-26-23-43(36-53(48)59)40-16-13-15-39(33-40)42-25-28-55-50(35-42)57-58(63-55)56(61-38-62-57)45-18-14-17-41(34-45)44-24-27-49-47-20-10-12-22-52(47)60(31-7-3,32-8-4)54(49)37-44/h9-28,33-38H,5-8,29-32H2,1-4H3. The van der Waals surface area contributed by atoms with E-state index in [1.54, 1.807) is 6.33 Å². The molecule has 0 unspecified atom stereocenters. The van der Waals surface area contributed by atoms with Gasteiger partial charge in [0.05, 0.1) is 0 Å². The zero-order chi connectivity index (χ0) is 42.7. The van der Waals surface area contributed by atoms with Crippen molar-refractivity contribution in [2.24, 2.45) is 0 Å². The lowest BCUT2D eigenvalue weighted by Crippen LogP contribution is -2.25. The summed E-state index contributed by atoms with van der Waals surface area (Å²) in [5, 5.41) is 0.994. The zero-order valence-corrected chi connectivity index (χ0v) is 37.0. The number of aromatic nitrogens is 2. The SMILES string of the molecule is CCCC1(CCC)c2ccccc2-c2ccc(-c3cccc(-c4ccc5oc6c(-c7cccc(-c8ccc9c(c8)C(CCC)(CCC)c8ccccc8-9)c7)ncnc6c5c4)c3)cc21. The van der Waals surface area contributed by atoms with Crippen LogP contribution in [-0.4, -0.2) is 9.97 Å². The molecule has 2 aromatic heterocycles. The molecule has 0 atom stereocenters. The summed E-state index contributed by atoms with van der Waals surface area (Å²) in [6.45, 7) is 9.30. The fourth-order valence-electron chi connectivity index (χ4n) is 12.0. The van der Waals surface area contributed by atoms with Crippen LogP contribution < -0.4 is 0 Å². The van der Waals surface area contributed by atoms with Crippen molar-refractivity contribution in [2.45, 2.75) is 89.9 Å². The predicted octanol–water partition coefficient (Wildman–Crippen LogP) is 16.8. The van der Waals surface area contributed by atoms with E-state index in [1.807, 2.05) is 0 Å². The van der Waals surface area contributed by atoms with Gasteiger partial charge in [0, 0.05) is 21.8 Å². The molecule has 0 aliphatic heterocycles. The largest absolute Gasteiger partial charge is 0.452 e. The average molecular weight is 819 g/mol. The number of hydrogen-bond acceptors (Lipinski definition) is 3. The minimum absolute atomic E-state index is 0.0424. The van der Waals surface area contributed by atoms with Crippen LogP contribution in [0.4, 0.5) is 0 Å². The van der Waals surface area contributed by atoms with E-state index in [-0.39, 0.29) is 10.8 Å². The van der Waals surface area contributed by atoms with Gasteiger partial charge in [0.1, 0.15) is 23.1 Å². The molecule has 3 heteroatoms. The number of hydrogen-bond donors (Lipinski definition) is 0. The van der Waals surface area contributed by atoms with Crippen molar-refractivity contribution < 1.29 is 4.42 Å². The van der Waals surface area contributed by atoms with E-state index in [0.717, 1.165) is 84.7 Å². The Morgan fingerprint density at radius 1 is 0.397 bits per heavy atom. The molecule has 0 saturated heterocycles. The smallest absolute Gasteiger partial charge is 0.180 e. The Morgan fingerprint density at radius 3 is 1.38 bits per heavy atom. The summed E-state index contributed by atoms with van der Waals surface area (Å²) in [5.41, 5.74) is 23.0. The summed E-state index contributed by atoms with van der Waals surface area (Å²) in [6, 6.07) is 56.8. The van der Waals surface area contributed by atoms with Crippen LogP contribution >= 0.6 is 0 Å². The Morgan fingerprint density at radius 2 is 0.841 bits per heavy atom. The van der Waals surface area contributed by atoms with Crippen LogP contribution in [0.15, 0.2) is 162 Å². The normalized spacial score (nSPS) is 14.2. The van der Waals surface area contributed by atoms with Crippen molar-refractivity contribution in [3.8, 4) is 66.9 Å². The third kappa shape index (κ3) is 6.15. The van der Waals surface area contributed by atoms with E-state index >= 15 is 0 Å². The van der Waals surface area contributed by atoms with Gasteiger partial charge in [0.2, 0.25) is 0 Å².